The van der Waals surface area contributed by atoms with Crippen molar-refractivity contribution in [1.82, 2.24) is 4.98 Å². The number of aromatic amines is 1. The van der Waals surface area contributed by atoms with Gasteiger partial charge >= 0.3 is 6.18 Å². The van der Waals surface area contributed by atoms with Crippen molar-refractivity contribution in [1.29, 1.82) is 0 Å². The largest absolute Gasteiger partial charge is 0.490 e. The second kappa shape index (κ2) is 8.03. The number of aromatic nitrogens is 1. The zero-order valence-corrected chi connectivity index (χ0v) is 17.8. The fraction of sp³-hybridized carbons (Fsp3) is 0.375. The third kappa shape index (κ3) is 4.18. The number of nitrogens with one attached hydrogen (secondary N) is 2. The molecule has 3 aromatic rings. The number of amides is 1. The van der Waals surface area contributed by atoms with Crippen molar-refractivity contribution in [2.75, 3.05) is 5.32 Å². The van der Waals surface area contributed by atoms with Crippen LogP contribution in [0.25, 0.3) is 10.9 Å². The van der Waals surface area contributed by atoms with Crippen molar-refractivity contribution in [2.24, 2.45) is 5.92 Å². The molecule has 1 heterocycles. The van der Waals surface area contributed by atoms with Crippen molar-refractivity contribution in [3.8, 4) is 5.75 Å². The standard InChI is InChI=1S/C24H22ClF3N2O2/c25-17-7-15(8-17)23(31)30-22-12-29-21-6-5-18(11-20(21)22)32-19-9-14(10-19)13-1-3-16(4-2-13)24(26,27)28/h1-6,11-12,14-15,17,19,29H,7-10H2,(H,30,31)/t14-,15?,17?,19-. The first-order chi connectivity index (χ1) is 15.3. The van der Waals surface area contributed by atoms with Gasteiger partial charge in [0, 0.05) is 28.4 Å². The van der Waals surface area contributed by atoms with Gasteiger partial charge in [-0.1, -0.05) is 12.1 Å². The Bertz CT molecular complexity index is 1130. The molecule has 32 heavy (non-hydrogen) atoms. The monoisotopic (exact) mass is 462 g/mol. The topological polar surface area (TPSA) is 54.1 Å². The summed E-state index contributed by atoms with van der Waals surface area (Å²) >= 11 is 5.98. The number of halogens is 4. The minimum atomic E-state index is -4.32. The number of alkyl halides is 4. The number of hydrogen-bond donors (Lipinski definition) is 2. The van der Waals surface area contributed by atoms with Crippen LogP contribution in [0, 0.1) is 5.92 Å². The molecule has 0 aliphatic heterocycles. The first-order valence-corrected chi connectivity index (χ1v) is 11.1. The van der Waals surface area contributed by atoms with Gasteiger partial charge in [-0.15, -0.1) is 11.6 Å². The van der Waals surface area contributed by atoms with Crippen LogP contribution in [0.15, 0.2) is 48.7 Å². The van der Waals surface area contributed by atoms with Gasteiger partial charge in [0.25, 0.3) is 0 Å². The van der Waals surface area contributed by atoms with E-state index in [4.69, 9.17) is 16.3 Å². The maximum Gasteiger partial charge on any atom is 0.416 e. The quantitative estimate of drug-likeness (QED) is 0.427. The summed E-state index contributed by atoms with van der Waals surface area (Å²) < 4.78 is 44.3. The number of rotatable bonds is 5. The number of anilines is 1. The molecule has 8 heteroatoms. The van der Waals surface area contributed by atoms with Crippen LogP contribution in [-0.2, 0) is 11.0 Å². The molecule has 2 aliphatic carbocycles. The molecule has 0 atom stereocenters. The predicted molar refractivity (Wildman–Crippen MR) is 117 cm³/mol. The minimum Gasteiger partial charge on any atom is -0.490 e. The molecular formula is C24H22ClF3N2O2. The Balaban J connectivity index is 1.20. The van der Waals surface area contributed by atoms with E-state index in [1.807, 2.05) is 18.2 Å². The highest BCUT2D eigenvalue weighted by molar-refractivity contribution is 6.21. The van der Waals surface area contributed by atoms with Crippen molar-refractivity contribution in [2.45, 2.75) is 49.3 Å². The third-order valence-electron chi connectivity index (χ3n) is 6.47. The molecule has 1 aromatic heterocycles. The van der Waals surface area contributed by atoms with E-state index in [2.05, 4.69) is 10.3 Å². The Kier molecular flexibility index (Phi) is 5.32. The molecule has 0 bridgehead atoms. The Morgan fingerprint density at radius 1 is 1.06 bits per heavy atom. The van der Waals surface area contributed by atoms with E-state index in [1.54, 1.807) is 18.3 Å². The summed E-state index contributed by atoms with van der Waals surface area (Å²) in [5.41, 5.74) is 1.88. The van der Waals surface area contributed by atoms with E-state index in [0.29, 0.717) is 24.3 Å². The fourth-order valence-corrected chi connectivity index (χ4v) is 4.77. The molecule has 0 saturated heterocycles. The number of H-pyrrole nitrogens is 1. The number of ether oxygens (including phenoxy) is 1. The first kappa shape index (κ1) is 21.2. The first-order valence-electron chi connectivity index (χ1n) is 10.7. The van der Waals surface area contributed by atoms with Gasteiger partial charge in [0.2, 0.25) is 5.91 Å². The Hall–Kier alpha value is -2.67. The molecule has 2 aliphatic rings. The molecule has 4 nitrogen and oxygen atoms in total. The predicted octanol–water partition coefficient (Wildman–Crippen LogP) is 6.47. The van der Waals surface area contributed by atoms with Crippen LogP contribution in [0.5, 0.6) is 5.75 Å². The van der Waals surface area contributed by atoms with Crippen LogP contribution in [0.3, 0.4) is 0 Å². The third-order valence-corrected chi connectivity index (χ3v) is 6.83. The van der Waals surface area contributed by atoms with Gasteiger partial charge in [0.05, 0.1) is 17.4 Å². The smallest absolute Gasteiger partial charge is 0.416 e. The van der Waals surface area contributed by atoms with E-state index in [-0.39, 0.29) is 29.2 Å². The number of hydrogen-bond acceptors (Lipinski definition) is 2. The number of benzene rings is 2. The molecule has 5 rings (SSSR count). The molecule has 1 amide bonds. The summed E-state index contributed by atoms with van der Waals surface area (Å²) in [5, 5.41) is 3.93. The van der Waals surface area contributed by atoms with Gasteiger partial charge < -0.3 is 15.0 Å². The zero-order chi connectivity index (χ0) is 22.5. The van der Waals surface area contributed by atoms with Crippen LogP contribution in [0.2, 0.25) is 0 Å². The second-order valence-electron chi connectivity index (χ2n) is 8.69. The van der Waals surface area contributed by atoms with E-state index >= 15 is 0 Å². The normalized spacial score (nSPS) is 25.1. The highest BCUT2D eigenvalue weighted by Crippen LogP contribution is 2.41. The highest BCUT2D eigenvalue weighted by Gasteiger charge is 2.35. The summed E-state index contributed by atoms with van der Waals surface area (Å²) in [4.78, 5) is 15.5. The molecule has 2 N–H and O–H groups in total. The lowest BCUT2D eigenvalue weighted by Crippen LogP contribution is -2.34. The fourth-order valence-electron chi connectivity index (χ4n) is 4.34. The number of carbonyl (C=O) groups excluding carboxylic acids is 1. The lowest BCUT2D eigenvalue weighted by atomic mass is 9.77. The zero-order valence-electron chi connectivity index (χ0n) is 17.1. The van der Waals surface area contributed by atoms with Crippen LogP contribution in [0.1, 0.15) is 42.7 Å². The van der Waals surface area contributed by atoms with Gasteiger partial charge in [-0.3, -0.25) is 4.79 Å². The second-order valence-corrected chi connectivity index (χ2v) is 9.31. The van der Waals surface area contributed by atoms with E-state index in [0.717, 1.165) is 41.4 Å². The number of fused-ring (bicyclic) bond motifs is 1. The van der Waals surface area contributed by atoms with Gasteiger partial charge in [0.1, 0.15) is 5.75 Å². The van der Waals surface area contributed by atoms with Crippen molar-refractivity contribution < 1.29 is 22.7 Å². The highest BCUT2D eigenvalue weighted by atomic mass is 35.5. The Morgan fingerprint density at radius 3 is 2.44 bits per heavy atom. The lowest BCUT2D eigenvalue weighted by Gasteiger charge is -2.35. The SMILES string of the molecule is O=C(Nc1c[nH]c2ccc(O[C@H]3C[C@H](c4ccc(C(F)(F)F)cc4)C3)cc12)C1CC(Cl)C1. The molecule has 0 radical (unpaired) electrons. The summed E-state index contributed by atoms with van der Waals surface area (Å²) in [6, 6.07) is 11.1. The molecule has 0 spiro atoms. The summed E-state index contributed by atoms with van der Waals surface area (Å²) in [5.74, 6) is 0.834. The minimum absolute atomic E-state index is 0.00681. The molecule has 2 aromatic carbocycles. The average molecular weight is 463 g/mol. The lowest BCUT2D eigenvalue weighted by molar-refractivity contribution is -0.137. The van der Waals surface area contributed by atoms with Crippen LogP contribution < -0.4 is 10.1 Å². The van der Waals surface area contributed by atoms with Crippen LogP contribution in [0.4, 0.5) is 18.9 Å². The van der Waals surface area contributed by atoms with Crippen molar-refractivity contribution in [3.05, 3.63) is 59.8 Å². The van der Waals surface area contributed by atoms with E-state index < -0.39 is 11.7 Å². The van der Waals surface area contributed by atoms with Gasteiger partial charge in [-0.25, -0.2) is 0 Å². The van der Waals surface area contributed by atoms with Crippen LogP contribution >= 0.6 is 11.6 Å². The van der Waals surface area contributed by atoms with Crippen LogP contribution in [-0.4, -0.2) is 22.4 Å². The molecule has 0 unspecified atom stereocenters. The van der Waals surface area contributed by atoms with Gasteiger partial charge in [0.15, 0.2) is 0 Å². The maximum atomic E-state index is 12.7. The molecule has 168 valence electrons. The average Bonchev–Trinajstić information content (AvgIpc) is 3.09. The molecule has 2 fully saturated rings. The Morgan fingerprint density at radius 2 is 1.78 bits per heavy atom. The van der Waals surface area contributed by atoms with Gasteiger partial charge in [-0.05, 0) is 67.5 Å². The summed E-state index contributed by atoms with van der Waals surface area (Å²) in [6.07, 6.45) is 0.365. The van der Waals surface area contributed by atoms with Gasteiger partial charge in [-0.2, -0.15) is 13.2 Å². The maximum absolute atomic E-state index is 12.7. The van der Waals surface area contributed by atoms with Crippen molar-refractivity contribution in [3.63, 3.8) is 0 Å². The molecular weight excluding hydrogens is 441 g/mol. The van der Waals surface area contributed by atoms with E-state index in [9.17, 15) is 18.0 Å². The number of carbonyl (C=O) groups is 1. The summed E-state index contributed by atoms with van der Waals surface area (Å²) in [6.45, 7) is 0. The van der Waals surface area contributed by atoms with E-state index in [1.165, 1.54) is 0 Å². The Labute approximate surface area is 188 Å². The van der Waals surface area contributed by atoms with Crippen molar-refractivity contribution >= 4 is 34.1 Å². The molecule has 2 saturated carbocycles. The summed E-state index contributed by atoms with van der Waals surface area (Å²) in [7, 11) is 0.